The molecule has 0 aliphatic heterocycles. The molecule has 0 aromatic rings. The molecule has 0 unspecified atom stereocenters. The van der Waals surface area contributed by atoms with Crippen molar-refractivity contribution in [1.29, 1.82) is 0 Å². The zero-order valence-corrected chi connectivity index (χ0v) is 12.3. The molecule has 1 aliphatic carbocycles. The zero-order valence-electron chi connectivity index (χ0n) is 6.97. The topological polar surface area (TPSA) is 52.0 Å². The van der Waals surface area contributed by atoms with Crippen molar-refractivity contribution in [2.24, 2.45) is 11.5 Å². The molecule has 0 radical (unpaired) electrons. The van der Waals surface area contributed by atoms with Crippen molar-refractivity contribution >= 4 is 0 Å². The van der Waals surface area contributed by atoms with Crippen molar-refractivity contribution in [1.82, 2.24) is 0 Å². The summed E-state index contributed by atoms with van der Waals surface area (Å²) in [6, 6.07) is 0.562. The van der Waals surface area contributed by atoms with Crippen molar-refractivity contribution in [3.8, 4) is 0 Å². The first-order valence-electron chi connectivity index (χ1n) is 3.32. The quantitative estimate of drug-likeness (QED) is 0.385. The van der Waals surface area contributed by atoms with Crippen LogP contribution in [0.1, 0.15) is 25.7 Å². The molecule has 0 saturated heterocycles. The van der Waals surface area contributed by atoms with Gasteiger partial charge in [-0.2, -0.15) is 0 Å². The van der Waals surface area contributed by atoms with Crippen LogP contribution in [0, 0.1) is 0 Å². The zero-order chi connectivity index (χ0) is 5.98. The van der Waals surface area contributed by atoms with E-state index in [1.165, 1.54) is 12.8 Å². The number of nitrogens with two attached hydrogens (primary N) is 2. The van der Waals surface area contributed by atoms with E-state index >= 15 is 0 Å². The summed E-state index contributed by atoms with van der Waals surface area (Å²) in [6.07, 6.45) is 4.80. The van der Waals surface area contributed by atoms with E-state index in [-0.39, 0.29) is 82.8 Å². The Kier molecular flexibility index (Phi) is 36.6. The molecular weight excluding hydrogens is 437 g/mol. The molecule has 1 rings (SSSR count). The van der Waals surface area contributed by atoms with Crippen LogP contribution in [0.25, 0.3) is 0 Å². The normalized spacial score (nSPS) is 24.5. The predicted octanol–water partition coefficient (Wildman–Crippen LogP) is -11.8. The van der Waals surface area contributed by atoms with Gasteiger partial charge in [0.15, 0.2) is 0 Å². The Morgan fingerprint density at radius 2 is 0.923 bits per heavy atom. The van der Waals surface area contributed by atoms with Crippen molar-refractivity contribution in [2.45, 2.75) is 37.8 Å². The maximum atomic E-state index is 5.65. The number of halogens is 4. The predicted molar refractivity (Wildman–Crippen MR) is 34.4 cm³/mol. The van der Waals surface area contributed by atoms with Gasteiger partial charge in [0.2, 0.25) is 0 Å². The molecule has 13 heavy (non-hydrogen) atoms. The summed E-state index contributed by atoms with van der Waals surface area (Å²) in [6.45, 7) is 0. The second-order valence-electron chi connectivity index (χ2n) is 2.61. The van der Waals surface area contributed by atoms with E-state index in [0.717, 1.165) is 12.8 Å². The molecule has 2 atom stereocenters. The Labute approximate surface area is 119 Å². The fourth-order valence-corrected chi connectivity index (χ4v) is 1.19. The average Bonchev–Trinajstić information content (AvgIpc) is 1.77. The minimum absolute atomic E-state index is 0. The Balaban J connectivity index is -0.0000000427. The van der Waals surface area contributed by atoms with E-state index in [4.69, 9.17) is 11.5 Å². The van der Waals surface area contributed by atoms with Crippen LogP contribution in [0.3, 0.4) is 0 Å². The van der Waals surface area contributed by atoms with Crippen LogP contribution in [0.15, 0.2) is 0 Å². The fourth-order valence-electron chi connectivity index (χ4n) is 1.19. The van der Waals surface area contributed by atoms with E-state index in [2.05, 4.69) is 0 Å². The van der Waals surface area contributed by atoms with Crippen molar-refractivity contribution in [3.05, 3.63) is 0 Å². The third-order valence-electron chi connectivity index (χ3n) is 1.87. The molecule has 0 aromatic carbocycles. The van der Waals surface area contributed by atoms with Crippen molar-refractivity contribution < 1.29 is 70.7 Å². The van der Waals surface area contributed by atoms with Crippen molar-refractivity contribution in [2.75, 3.05) is 0 Å². The summed E-state index contributed by atoms with van der Waals surface area (Å²) in [5.41, 5.74) is 11.3. The van der Waals surface area contributed by atoms with Gasteiger partial charge in [0, 0.05) is 33.1 Å². The van der Waals surface area contributed by atoms with Gasteiger partial charge in [-0.1, -0.05) is 12.8 Å². The van der Waals surface area contributed by atoms with E-state index in [9.17, 15) is 0 Å². The summed E-state index contributed by atoms with van der Waals surface area (Å²) in [4.78, 5) is 0. The molecule has 1 fully saturated rings. The van der Waals surface area contributed by atoms with Gasteiger partial charge >= 0.3 is 0 Å². The molecule has 0 aromatic heterocycles. The summed E-state index contributed by atoms with van der Waals surface area (Å²) in [5.74, 6) is 0. The van der Waals surface area contributed by atoms with Gasteiger partial charge in [-0.05, 0) is 12.8 Å². The molecule has 4 N–H and O–H groups in total. The maximum Gasteiger partial charge on any atom is 0.0192 e. The first-order chi connectivity index (χ1) is 3.80. The molecule has 0 amide bonds. The number of hydrogen-bond donors (Lipinski definition) is 2. The number of hydrogen-bond acceptors (Lipinski definition) is 2. The van der Waals surface area contributed by atoms with Gasteiger partial charge in [-0.25, -0.2) is 0 Å². The Morgan fingerprint density at radius 3 is 1.08 bits per heavy atom. The second kappa shape index (κ2) is 16.2. The van der Waals surface area contributed by atoms with E-state index in [1.807, 2.05) is 0 Å². The van der Waals surface area contributed by atoms with Gasteiger partial charge in [0.05, 0.1) is 0 Å². The van der Waals surface area contributed by atoms with Crippen LogP contribution in [0.2, 0.25) is 0 Å². The number of rotatable bonds is 0. The Hall–Kier alpha value is 1.77. The largest absolute Gasteiger partial charge is 1.00 e. The minimum Gasteiger partial charge on any atom is -1.00 e. The average molecular weight is 451 g/mol. The maximum absolute atomic E-state index is 5.65. The van der Waals surface area contributed by atoms with E-state index < -0.39 is 0 Å². The summed E-state index contributed by atoms with van der Waals surface area (Å²) in [5, 5.41) is 0. The molecule has 90 valence electrons. The van der Waals surface area contributed by atoms with Crippen LogP contribution < -0.4 is 61.1 Å². The Bertz CT molecular complexity index is 79.0. The van der Waals surface area contributed by atoms with Gasteiger partial charge in [-0.3, -0.25) is 0 Å². The second-order valence-corrected chi connectivity index (χ2v) is 2.61. The third kappa shape index (κ3) is 11.7. The SMILES string of the molecule is N[C@@H]1CCCC[C@H]1N.[Cl-].[Cl-].[Cl-].[Cl-].[Pt]. The Morgan fingerprint density at radius 1 is 0.692 bits per heavy atom. The van der Waals surface area contributed by atoms with Crippen LogP contribution in [0.4, 0.5) is 0 Å². The molecule has 0 heterocycles. The molecule has 7 heteroatoms. The monoisotopic (exact) mass is 449 g/mol. The molecule has 0 spiro atoms. The van der Waals surface area contributed by atoms with Gasteiger partial charge < -0.3 is 61.1 Å². The third-order valence-corrected chi connectivity index (χ3v) is 1.87. The first kappa shape index (κ1) is 29.3. The van der Waals surface area contributed by atoms with Gasteiger partial charge in [-0.15, -0.1) is 0 Å². The first-order valence-corrected chi connectivity index (χ1v) is 3.32. The fraction of sp³-hybridized carbons (Fsp3) is 1.00. The van der Waals surface area contributed by atoms with Crippen LogP contribution in [-0.2, 0) is 21.1 Å². The van der Waals surface area contributed by atoms with Gasteiger partial charge in [0.25, 0.3) is 0 Å². The van der Waals surface area contributed by atoms with Crippen LogP contribution >= 0.6 is 0 Å². The summed E-state index contributed by atoms with van der Waals surface area (Å²) in [7, 11) is 0. The van der Waals surface area contributed by atoms with Crippen LogP contribution in [-0.4, -0.2) is 12.1 Å². The van der Waals surface area contributed by atoms with Gasteiger partial charge in [0.1, 0.15) is 0 Å². The molecule has 2 nitrogen and oxygen atoms in total. The molecule has 0 bridgehead atoms. The smallest absolute Gasteiger partial charge is 0.0192 e. The molecule has 1 aliphatic rings. The van der Waals surface area contributed by atoms with Crippen LogP contribution in [0.5, 0.6) is 0 Å². The van der Waals surface area contributed by atoms with E-state index in [1.54, 1.807) is 0 Å². The molecule has 1 saturated carbocycles. The molecular formula is C6H14Cl4N2Pt-4. The van der Waals surface area contributed by atoms with Crippen molar-refractivity contribution in [3.63, 3.8) is 0 Å². The summed E-state index contributed by atoms with van der Waals surface area (Å²) >= 11 is 0. The standard InChI is InChI=1S/C6H14N2.4ClH.Pt/c7-5-3-1-2-4-6(5)8;;;;;/h5-6H,1-4,7-8H2;4*1H;/p-4/t5-,6-;;;;;/m1...../s1. The summed E-state index contributed by atoms with van der Waals surface area (Å²) < 4.78 is 0. The van der Waals surface area contributed by atoms with E-state index in [0.29, 0.717) is 0 Å². The minimum atomic E-state index is 0.